The highest BCUT2D eigenvalue weighted by Crippen LogP contribution is 2.06. The molecule has 0 aromatic carbocycles. The van der Waals surface area contributed by atoms with Crippen molar-refractivity contribution in [1.82, 2.24) is 10.3 Å². The lowest BCUT2D eigenvalue weighted by Gasteiger charge is -2.11. The van der Waals surface area contributed by atoms with Gasteiger partial charge >= 0.3 is 5.97 Å². The number of aromatic nitrogens is 1. The van der Waals surface area contributed by atoms with Crippen LogP contribution in [0.3, 0.4) is 0 Å². The van der Waals surface area contributed by atoms with Crippen LogP contribution in [0.5, 0.6) is 0 Å². The Bertz CT molecular complexity index is 374. The highest BCUT2D eigenvalue weighted by molar-refractivity contribution is 5.75. The summed E-state index contributed by atoms with van der Waals surface area (Å²) in [6.45, 7) is 6.75. The van der Waals surface area contributed by atoms with Crippen LogP contribution in [0.2, 0.25) is 0 Å². The van der Waals surface area contributed by atoms with E-state index in [9.17, 15) is 4.79 Å². The number of rotatable bonds is 6. The van der Waals surface area contributed by atoms with Gasteiger partial charge in [-0.1, -0.05) is 19.9 Å². The molecule has 100 valence electrons. The lowest BCUT2D eigenvalue weighted by atomic mass is 10.1. The fraction of sp³-hybridized carbons (Fsp3) is 0.571. The second kappa shape index (κ2) is 7.11. The molecule has 0 saturated heterocycles. The predicted molar refractivity (Wildman–Crippen MR) is 71.1 cm³/mol. The number of nitrogens with zero attached hydrogens (tertiary/aromatic N) is 1. The third-order valence-electron chi connectivity index (χ3n) is 2.67. The topological polar surface area (TPSA) is 51.2 Å². The van der Waals surface area contributed by atoms with E-state index in [4.69, 9.17) is 0 Å². The second-order valence-electron chi connectivity index (χ2n) is 4.88. The van der Waals surface area contributed by atoms with Crippen LogP contribution in [0.25, 0.3) is 0 Å². The summed E-state index contributed by atoms with van der Waals surface area (Å²) in [4.78, 5) is 15.6. The Morgan fingerprint density at radius 2 is 2.11 bits per heavy atom. The summed E-state index contributed by atoms with van der Waals surface area (Å²) in [5.74, 6) is 0.361. The van der Waals surface area contributed by atoms with Crippen LogP contribution in [0, 0.1) is 5.92 Å². The van der Waals surface area contributed by atoms with E-state index in [0.717, 1.165) is 17.7 Å². The molecule has 18 heavy (non-hydrogen) atoms. The van der Waals surface area contributed by atoms with Crippen LogP contribution >= 0.6 is 0 Å². The van der Waals surface area contributed by atoms with Gasteiger partial charge in [-0.3, -0.25) is 9.78 Å². The number of pyridine rings is 1. The van der Waals surface area contributed by atoms with Crippen molar-refractivity contribution >= 4 is 5.97 Å². The summed E-state index contributed by atoms with van der Waals surface area (Å²) >= 11 is 0. The van der Waals surface area contributed by atoms with Crippen LogP contribution in [-0.2, 0) is 22.5 Å². The SMILES string of the molecule is COC(=O)C(C)NCc1ccc(CC(C)C)nc1. The van der Waals surface area contributed by atoms with E-state index in [-0.39, 0.29) is 12.0 Å². The van der Waals surface area contributed by atoms with Crippen LogP contribution in [0.15, 0.2) is 18.3 Å². The molecule has 1 aromatic rings. The maximum absolute atomic E-state index is 11.2. The molecule has 0 amide bonds. The minimum atomic E-state index is -0.301. The van der Waals surface area contributed by atoms with Gasteiger partial charge in [-0.25, -0.2) is 0 Å². The molecule has 0 aliphatic carbocycles. The minimum absolute atomic E-state index is 0.251. The Balaban J connectivity index is 2.46. The molecular weight excluding hydrogens is 228 g/mol. The summed E-state index contributed by atoms with van der Waals surface area (Å²) in [5, 5.41) is 3.10. The molecule has 0 fully saturated rings. The van der Waals surface area contributed by atoms with Crippen molar-refractivity contribution in [3.05, 3.63) is 29.6 Å². The van der Waals surface area contributed by atoms with Crippen LogP contribution in [-0.4, -0.2) is 24.1 Å². The molecule has 0 aliphatic rings. The lowest BCUT2D eigenvalue weighted by molar-refractivity contribution is -0.142. The number of hydrogen-bond acceptors (Lipinski definition) is 4. The predicted octanol–water partition coefficient (Wildman–Crippen LogP) is 1.93. The molecule has 0 radical (unpaired) electrons. The van der Waals surface area contributed by atoms with E-state index in [0.29, 0.717) is 12.5 Å². The number of carbonyl (C=O) groups is 1. The molecule has 1 heterocycles. The van der Waals surface area contributed by atoms with E-state index in [1.807, 2.05) is 18.3 Å². The van der Waals surface area contributed by atoms with Crippen LogP contribution < -0.4 is 5.32 Å². The standard InChI is InChI=1S/C14H22N2O2/c1-10(2)7-13-6-5-12(9-16-13)8-15-11(3)14(17)18-4/h5-6,9-11,15H,7-8H2,1-4H3. The van der Waals surface area contributed by atoms with Crippen LogP contribution in [0.1, 0.15) is 32.0 Å². The summed E-state index contributed by atoms with van der Waals surface area (Å²) < 4.78 is 4.65. The highest BCUT2D eigenvalue weighted by Gasteiger charge is 2.11. The van der Waals surface area contributed by atoms with E-state index in [2.05, 4.69) is 28.9 Å². The van der Waals surface area contributed by atoms with Gasteiger partial charge in [-0.2, -0.15) is 0 Å². The molecular formula is C14H22N2O2. The van der Waals surface area contributed by atoms with Crippen molar-refractivity contribution in [2.45, 2.75) is 39.8 Å². The fourth-order valence-electron chi connectivity index (χ4n) is 1.63. The summed E-state index contributed by atoms with van der Waals surface area (Å²) in [6.07, 6.45) is 2.85. The molecule has 0 aliphatic heterocycles. The van der Waals surface area contributed by atoms with Gasteiger partial charge in [0.15, 0.2) is 0 Å². The molecule has 0 saturated carbocycles. The van der Waals surface area contributed by atoms with Gasteiger partial charge in [-0.05, 0) is 30.9 Å². The quantitative estimate of drug-likeness (QED) is 0.784. The lowest BCUT2D eigenvalue weighted by Crippen LogP contribution is -2.34. The molecule has 1 rings (SSSR count). The normalized spacial score (nSPS) is 12.5. The maximum Gasteiger partial charge on any atom is 0.322 e. The molecule has 0 spiro atoms. The largest absolute Gasteiger partial charge is 0.468 e. The van der Waals surface area contributed by atoms with E-state index < -0.39 is 0 Å². The second-order valence-corrected chi connectivity index (χ2v) is 4.88. The van der Waals surface area contributed by atoms with Crippen molar-refractivity contribution < 1.29 is 9.53 Å². The number of ether oxygens (including phenoxy) is 1. The first-order valence-corrected chi connectivity index (χ1v) is 6.28. The third-order valence-corrected chi connectivity index (χ3v) is 2.67. The molecule has 4 heteroatoms. The number of nitrogens with one attached hydrogen (secondary N) is 1. The number of methoxy groups -OCH3 is 1. The Kier molecular flexibility index (Phi) is 5.78. The monoisotopic (exact) mass is 250 g/mol. The van der Waals surface area contributed by atoms with Gasteiger partial charge in [0, 0.05) is 18.4 Å². The van der Waals surface area contributed by atoms with Gasteiger partial charge in [0.1, 0.15) is 6.04 Å². The van der Waals surface area contributed by atoms with Crippen LogP contribution in [0.4, 0.5) is 0 Å². The average Bonchev–Trinajstić information content (AvgIpc) is 2.36. The fourth-order valence-corrected chi connectivity index (χ4v) is 1.63. The van der Waals surface area contributed by atoms with Gasteiger partial charge in [0.2, 0.25) is 0 Å². The number of esters is 1. The molecule has 4 nitrogen and oxygen atoms in total. The zero-order valence-electron chi connectivity index (χ0n) is 11.6. The smallest absolute Gasteiger partial charge is 0.322 e. The average molecular weight is 250 g/mol. The van der Waals surface area contributed by atoms with Crippen molar-refractivity contribution in [3.63, 3.8) is 0 Å². The zero-order chi connectivity index (χ0) is 13.5. The molecule has 1 N–H and O–H groups in total. The van der Waals surface area contributed by atoms with E-state index in [1.165, 1.54) is 7.11 Å². The minimum Gasteiger partial charge on any atom is -0.468 e. The number of hydrogen-bond donors (Lipinski definition) is 1. The molecule has 1 unspecified atom stereocenters. The van der Waals surface area contributed by atoms with Crippen molar-refractivity contribution in [2.75, 3.05) is 7.11 Å². The van der Waals surface area contributed by atoms with E-state index in [1.54, 1.807) is 6.92 Å². The van der Waals surface area contributed by atoms with Crippen molar-refractivity contribution in [2.24, 2.45) is 5.92 Å². The Morgan fingerprint density at radius 1 is 1.39 bits per heavy atom. The summed E-state index contributed by atoms with van der Waals surface area (Å²) in [7, 11) is 1.39. The Labute approximate surface area is 109 Å². The Hall–Kier alpha value is -1.42. The molecule has 0 bridgehead atoms. The van der Waals surface area contributed by atoms with E-state index >= 15 is 0 Å². The first kappa shape index (κ1) is 14.6. The first-order valence-electron chi connectivity index (χ1n) is 6.28. The summed E-state index contributed by atoms with van der Waals surface area (Å²) in [5.41, 5.74) is 2.17. The molecule has 1 atom stereocenters. The maximum atomic E-state index is 11.2. The van der Waals surface area contributed by atoms with Gasteiger partial charge in [0.25, 0.3) is 0 Å². The third kappa shape index (κ3) is 4.84. The Morgan fingerprint density at radius 3 is 2.61 bits per heavy atom. The van der Waals surface area contributed by atoms with Crippen molar-refractivity contribution in [1.29, 1.82) is 0 Å². The number of carbonyl (C=O) groups excluding carboxylic acids is 1. The molecule has 1 aromatic heterocycles. The highest BCUT2D eigenvalue weighted by atomic mass is 16.5. The van der Waals surface area contributed by atoms with Gasteiger partial charge < -0.3 is 10.1 Å². The van der Waals surface area contributed by atoms with Gasteiger partial charge in [-0.15, -0.1) is 0 Å². The zero-order valence-corrected chi connectivity index (χ0v) is 11.6. The van der Waals surface area contributed by atoms with Gasteiger partial charge in [0.05, 0.1) is 7.11 Å². The first-order chi connectivity index (χ1) is 8.52. The van der Waals surface area contributed by atoms with Crippen molar-refractivity contribution in [3.8, 4) is 0 Å². The summed E-state index contributed by atoms with van der Waals surface area (Å²) in [6, 6.07) is 3.78.